The van der Waals surface area contributed by atoms with Crippen LogP contribution in [0.1, 0.15) is 49.3 Å². The number of piperidine rings is 1. The second kappa shape index (κ2) is 9.60. The predicted octanol–water partition coefficient (Wildman–Crippen LogP) is 6.22. The summed E-state index contributed by atoms with van der Waals surface area (Å²) in [5.41, 5.74) is 2.02. The molecule has 1 fully saturated rings. The molecular formula is C24H25Cl2NO2. The number of amides is 1. The van der Waals surface area contributed by atoms with E-state index in [-0.39, 0.29) is 23.8 Å². The van der Waals surface area contributed by atoms with Gasteiger partial charge in [-0.2, -0.15) is 0 Å². The van der Waals surface area contributed by atoms with Crippen LogP contribution in [0, 0.1) is 5.92 Å². The van der Waals surface area contributed by atoms with Crippen molar-refractivity contribution >= 4 is 35.4 Å². The third kappa shape index (κ3) is 4.57. The Bertz CT molecular complexity index is 881. The minimum absolute atomic E-state index is 0.00192. The molecule has 5 heteroatoms. The number of likely N-dealkylation sites (tertiary alicyclic amines) is 1. The molecular weight excluding hydrogens is 405 g/mol. The lowest BCUT2D eigenvalue weighted by atomic mass is 9.74. The average Bonchev–Trinajstić information content (AvgIpc) is 2.72. The van der Waals surface area contributed by atoms with Crippen molar-refractivity contribution in [3.05, 3.63) is 82.4 Å². The van der Waals surface area contributed by atoms with E-state index in [1.807, 2.05) is 55.5 Å². The molecule has 2 aromatic carbocycles. The monoisotopic (exact) mass is 429 g/mol. The van der Waals surface area contributed by atoms with E-state index in [1.165, 1.54) is 0 Å². The van der Waals surface area contributed by atoms with Gasteiger partial charge in [-0.05, 0) is 54.7 Å². The van der Waals surface area contributed by atoms with Gasteiger partial charge in [-0.1, -0.05) is 60.5 Å². The Morgan fingerprint density at radius 2 is 1.86 bits per heavy atom. The van der Waals surface area contributed by atoms with Crippen LogP contribution in [0.15, 0.2) is 61.2 Å². The van der Waals surface area contributed by atoms with E-state index < -0.39 is 6.04 Å². The van der Waals surface area contributed by atoms with Gasteiger partial charge < -0.3 is 9.69 Å². The fourth-order valence-electron chi connectivity index (χ4n) is 4.31. The number of aldehydes is 1. The lowest BCUT2D eigenvalue weighted by Crippen LogP contribution is -2.52. The van der Waals surface area contributed by atoms with Crippen molar-refractivity contribution in [3.63, 3.8) is 0 Å². The zero-order valence-electron chi connectivity index (χ0n) is 16.4. The van der Waals surface area contributed by atoms with Gasteiger partial charge in [0.1, 0.15) is 6.29 Å². The fraction of sp³-hybridized carbons (Fsp3) is 0.333. The SMILES string of the molecule is C=CC[C@@H]1CC(c2cccc(Cl)c2)[C@@H](c2ccc(Cl)cc2)N([C@H](C=O)CC)C1=O. The Balaban J connectivity index is 2.17. The molecule has 4 atom stereocenters. The van der Waals surface area contributed by atoms with Crippen molar-refractivity contribution in [1.82, 2.24) is 4.90 Å². The summed E-state index contributed by atoms with van der Waals surface area (Å²) >= 11 is 12.4. The molecule has 2 aromatic rings. The zero-order valence-corrected chi connectivity index (χ0v) is 17.9. The normalized spacial score (nSPS) is 22.9. The van der Waals surface area contributed by atoms with Gasteiger partial charge in [-0.15, -0.1) is 6.58 Å². The second-order valence-corrected chi connectivity index (χ2v) is 8.34. The quantitative estimate of drug-likeness (QED) is 0.386. The number of rotatable bonds is 7. The van der Waals surface area contributed by atoms with Crippen LogP contribution in [0.2, 0.25) is 10.0 Å². The number of hydrogen-bond donors (Lipinski definition) is 0. The average molecular weight is 430 g/mol. The van der Waals surface area contributed by atoms with Crippen molar-refractivity contribution in [2.45, 2.75) is 44.2 Å². The topological polar surface area (TPSA) is 37.4 Å². The number of carbonyl (C=O) groups excluding carboxylic acids is 2. The van der Waals surface area contributed by atoms with Crippen LogP contribution in [-0.4, -0.2) is 23.1 Å². The van der Waals surface area contributed by atoms with Crippen molar-refractivity contribution in [3.8, 4) is 0 Å². The highest BCUT2D eigenvalue weighted by Crippen LogP contribution is 2.47. The zero-order chi connectivity index (χ0) is 21.0. The van der Waals surface area contributed by atoms with Gasteiger partial charge in [-0.25, -0.2) is 0 Å². The number of allylic oxidation sites excluding steroid dienone is 1. The molecule has 3 nitrogen and oxygen atoms in total. The lowest BCUT2D eigenvalue weighted by molar-refractivity contribution is -0.148. The molecule has 0 spiro atoms. The largest absolute Gasteiger partial charge is 0.325 e. The number of hydrogen-bond acceptors (Lipinski definition) is 2. The smallest absolute Gasteiger partial charge is 0.227 e. The molecule has 1 unspecified atom stereocenters. The highest BCUT2D eigenvalue weighted by atomic mass is 35.5. The Kier molecular flexibility index (Phi) is 7.15. The standard InChI is InChI=1S/C24H25Cl2NO2/c1-3-6-18-14-22(17-7-5-8-20(26)13-17)23(16-9-11-19(25)12-10-16)27(24(18)29)21(4-2)15-28/h3,5,7-13,15,18,21-23H,1,4,6,14H2,2H3/t18-,21+,22?,23-/m1/s1. The minimum Gasteiger partial charge on any atom is -0.325 e. The van der Waals surface area contributed by atoms with E-state index in [0.717, 1.165) is 17.4 Å². The van der Waals surface area contributed by atoms with Crippen LogP contribution < -0.4 is 0 Å². The fourth-order valence-corrected chi connectivity index (χ4v) is 4.64. The Labute approximate surface area is 182 Å². The van der Waals surface area contributed by atoms with E-state index in [0.29, 0.717) is 29.3 Å². The summed E-state index contributed by atoms with van der Waals surface area (Å²) in [6, 6.07) is 14.5. The van der Waals surface area contributed by atoms with Crippen molar-refractivity contribution < 1.29 is 9.59 Å². The van der Waals surface area contributed by atoms with Crippen LogP contribution in [-0.2, 0) is 9.59 Å². The molecule has 1 aliphatic rings. The molecule has 0 aliphatic carbocycles. The van der Waals surface area contributed by atoms with Crippen LogP contribution in [0.4, 0.5) is 0 Å². The van der Waals surface area contributed by atoms with Crippen LogP contribution in [0.5, 0.6) is 0 Å². The highest BCUT2D eigenvalue weighted by molar-refractivity contribution is 6.30. The van der Waals surface area contributed by atoms with Gasteiger partial charge in [-0.3, -0.25) is 4.79 Å². The van der Waals surface area contributed by atoms with E-state index in [4.69, 9.17) is 23.2 Å². The first-order valence-electron chi connectivity index (χ1n) is 9.89. The maximum atomic E-state index is 13.4. The summed E-state index contributed by atoms with van der Waals surface area (Å²) in [6.45, 7) is 5.75. The minimum atomic E-state index is -0.488. The van der Waals surface area contributed by atoms with Gasteiger partial charge in [0.25, 0.3) is 0 Å². The number of nitrogens with zero attached hydrogens (tertiary/aromatic N) is 1. The molecule has 3 rings (SSSR count). The summed E-state index contributed by atoms with van der Waals surface area (Å²) in [5.74, 6) is -0.206. The summed E-state index contributed by atoms with van der Waals surface area (Å²) in [6.07, 6.45) is 4.47. The number of carbonyl (C=O) groups is 2. The summed E-state index contributed by atoms with van der Waals surface area (Å²) < 4.78 is 0. The van der Waals surface area contributed by atoms with Crippen molar-refractivity contribution in [1.29, 1.82) is 0 Å². The summed E-state index contributed by atoms with van der Waals surface area (Å²) in [4.78, 5) is 27.1. The third-order valence-electron chi connectivity index (χ3n) is 5.70. The lowest BCUT2D eigenvalue weighted by Gasteiger charge is -2.47. The molecule has 1 aliphatic heterocycles. The third-order valence-corrected chi connectivity index (χ3v) is 6.18. The highest BCUT2D eigenvalue weighted by Gasteiger charge is 2.45. The Hall–Kier alpha value is -2.10. The molecule has 0 radical (unpaired) electrons. The molecule has 29 heavy (non-hydrogen) atoms. The molecule has 1 heterocycles. The van der Waals surface area contributed by atoms with E-state index in [2.05, 4.69) is 6.58 Å². The molecule has 1 saturated heterocycles. The van der Waals surface area contributed by atoms with E-state index >= 15 is 0 Å². The first-order valence-corrected chi connectivity index (χ1v) is 10.6. The molecule has 152 valence electrons. The first-order chi connectivity index (χ1) is 14.0. The van der Waals surface area contributed by atoms with Crippen molar-refractivity contribution in [2.24, 2.45) is 5.92 Å². The van der Waals surface area contributed by atoms with Gasteiger partial charge in [0.2, 0.25) is 5.91 Å². The number of benzene rings is 2. The van der Waals surface area contributed by atoms with Crippen LogP contribution in [0.25, 0.3) is 0 Å². The maximum absolute atomic E-state index is 13.4. The Morgan fingerprint density at radius 1 is 1.14 bits per heavy atom. The second-order valence-electron chi connectivity index (χ2n) is 7.47. The van der Waals surface area contributed by atoms with Crippen LogP contribution >= 0.6 is 23.2 Å². The first kappa shape index (κ1) is 21.6. The molecule has 0 aromatic heterocycles. The molecule has 1 amide bonds. The van der Waals surface area contributed by atoms with E-state index in [9.17, 15) is 9.59 Å². The Morgan fingerprint density at radius 3 is 2.45 bits per heavy atom. The summed E-state index contributed by atoms with van der Waals surface area (Å²) in [7, 11) is 0. The van der Waals surface area contributed by atoms with Gasteiger partial charge >= 0.3 is 0 Å². The van der Waals surface area contributed by atoms with Gasteiger partial charge in [0.15, 0.2) is 0 Å². The van der Waals surface area contributed by atoms with E-state index in [1.54, 1.807) is 11.0 Å². The summed E-state index contributed by atoms with van der Waals surface area (Å²) in [5, 5.41) is 1.29. The molecule has 0 bridgehead atoms. The predicted molar refractivity (Wildman–Crippen MR) is 118 cm³/mol. The molecule has 0 N–H and O–H groups in total. The molecule has 0 saturated carbocycles. The maximum Gasteiger partial charge on any atom is 0.227 e. The van der Waals surface area contributed by atoms with Crippen molar-refractivity contribution in [2.75, 3.05) is 0 Å². The van der Waals surface area contributed by atoms with Gasteiger partial charge in [0, 0.05) is 21.9 Å². The van der Waals surface area contributed by atoms with Crippen LogP contribution in [0.3, 0.4) is 0 Å². The van der Waals surface area contributed by atoms with Gasteiger partial charge in [0.05, 0.1) is 12.1 Å². The number of halogens is 2.